The molecular formula is C22H31N3O3. The van der Waals surface area contributed by atoms with Crippen LogP contribution < -0.4 is 5.32 Å². The van der Waals surface area contributed by atoms with Crippen molar-refractivity contribution >= 4 is 17.8 Å². The molecule has 6 nitrogen and oxygen atoms in total. The summed E-state index contributed by atoms with van der Waals surface area (Å²) >= 11 is 0. The molecule has 3 rings (SSSR count). The molecule has 6 heteroatoms. The number of benzene rings is 1. The molecule has 2 fully saturated rings. The Morgan fingerprint density at radius 2 is 1.57 bits per heavy atom. The first-order chi connectivity index (χ1) is 12.9. The average Bonchev–Trinajstić information content (AvgIpc) is 3.19. The van der Waals surface area contributed by atoms with Gasteiger partial charge in [0.2, 0.25) is 5.91 Å². The third-order valence-electron chi connectivity index (χ3n) is 5.61. The molecule has 0 radical (unpaired) electrons. The van der Waals surface area contributed by atoms with Crippen LogP contribution in [0.4, 0.5) is 4.79 Å². The largest absolute Gasteiger partial charge is 0.336 e. The van der Waals surface area contributed by atoms with Gasteiger partial charge in [-0.1, -0.05) is 47.6 Å². The minimum Gasteiger partial charge on any atom is -0.336 e. The molecule has 2 heterocycles. The predicted molar refractivity (Wildman–Crippen MR) is 108 cm³/mol. The SMILES string of the molecule is CC(C)(C)c1cc(C(=O)N2CCC(N3C(=O)CNC3=O)C2)cc(C(C)(C)C)c1. The number of likely N-dealkylation sites (tertiary alicyclic amines) is 1. The van der Waals surface area contributed by atoms with Crippen LogP contribution in [0.15, 0.2) is 18.2 Å². The molecule has 1 N–H and O–H groups in total. The molecule has 152 valence electrons. The van der Waals surface area contributed by atoms with E-state index in [0.717, 1.165) is 11.1 Å². The molecule has 2 aliphatic heterocycles. The summed E-state index contributed by atoms with van der Waals surface area (Å²) in [6.45, 7) is 13.9. The lowest BCUT2D eigenvalue weighted by Gasteiger charge is -2.27. The molecular weight excluding hydrogens is 354 g/mol. The molecule has 28 heavy (non-hydrogen) atoms. The molecule has 0 aliphatic carbocycles. The predicted octanol–water partition coefficient (Wildman–Crippen LogP) is 3.05. The van der Waals surface area contributed by atoms with Crippen LogP contribution in [0.1, 0.15) is 69.4 Å². The van der Waals surface area contributed by atoms with Crippen LogP contribution in [0.3, 0.4) is 0 Å². The second-order valence-electron chi connectivity index (χ2n) is 9.92. The molecule has 1 aromatic carbocycles. The molecule has 2 saturated heterocycles. The number of nitrogens with zero attached hydrogens (tertiary/aromatic N) is 2. The lowest BCUT2D eigenvalue weighted by Crippen LogP contribution is -2.43. The van der Waals surface area contributed by atoms with Crippen LogP contribution in [0.2, 0.25) is 0 Å². The number of rotatable bonds is 2. The zero-order chi connectivity index (χ0) is 20.9. The van der Waals surface area contributed by atoms with Gasteiger partial charge in [-0.2, -0.15) is 0 Å². The maximum atomic E-state index is 13.3. The van der Waals surface area contributed by atoms with Gasteiger partial charge in [-0.15, -0.1) is 0 Å². The number of imide groups is 1. The van der Waals surface area contributed by atoms with Crippen LogP contribution in [-0.2, 0) is 15.6 Å². The van der Waals surface area contributed by atoms with Gasteiger partial charge in [-0.25, -0.2) is 4.79 Å². The van der Waals surface area contributed by atoms with Gasteiger partial charge in [-0.05, 0) is 40.5 Å². The van der Waals surface area contributed by atoms with Crippen molar-refractivity contribution in [3.05, 3.63) is 34.9 Å². The van der Waals surface area contributed by atoms with Crippen molar-refractivity contribution in [1.82, 2.24) is 15.1 Å². The standard InChI is InChI=1S/C22H31N3O3/c1-21(2,3)15-9-14(10-16(11-15)22(4,5)6)19(27)24-8-7-17(13-24)25-18(26)12-23-20(25)28/h9-11,17H,7-8,12-13H2,1-6H3,(H,23,28). The van der Waals surface area contributed by atoms with Crippen LogP contribution in [0, 0.1) is 0 Å². The molecule has 0 saturated carbocycles. The van der Waals surface area contributed by atoms with Crippen LogP contribution in [0.25, 0.3) is 0 Å². The number of urea groups is 1. The van der Waals surface area contributed by atoms with E-state index in [1.165, 1.54) is 4.90 Å². The maximum absolute atomic E-state index is 13.3. The molecule has 4 amide bonds. The zero-order valence-electron chi connectivity index (χ0n) is 17.8. The fraction of sp³-hybridized carbons (Fsp3) is 0.591. The summed E-state index contributed by atoms with van der Waals surface area (Å²) in [4.78, 5) is 40.2. The van der Waals surface area contributed by atoms with Crippen molar-refractivity contribution in [2.24, 2.45) is 0 Å². The summed E-state index contributed by atoms with van der Waals surface area (Å²) in [6.07, 6.45) is 0.621. The van der Waals surface area contributed by atoms with Gasteiger partial charge in [0.05, 0.1) is 12.6 Å². The van der Waals surface area contributed by atoms with E-state index in [9.17, 15) is 14.4 Å². The van der Waals surface area contributed by atoms with E-state index >= 15 is 0 Å². The highest BCUT2D eigenvalue weighted by Gasteiger charge is 2.40. The van der Waals surface area contributed by atoms with Crippen molar-refractivity contribution < 1.29 is 14.4 Å². The third-order valence-corrected chi connectivity index (χ3v) is 5.61. The Kier molecular flexibility index (Phi) is 5.02. The molecule has 2 aliphatic rings. The van der Waals surface area contributed by atoms with Crippen LogP contribution in [0.5, 0.6) is 0 Å². The number of amides is 4. The fourth-order valence-corrected chi connectivity index (χ4v) is 3.74. The number of hydrogen-bond acceptors (Lipinski definition) is 3. The van der Waals surface area contributed by atoms with Crippen molar-refractivity contribution in [3.63, 3.8) is 0 Å². The van der Waals surface area contributed by atoms with Crippen LogP contribution in [-0.4, -0.2) is 53.3 Å². The van der Waals surface area contributed by atoms with Gasteiger partial charge < -0.3 is 10.2 Å². The minimum atomic E-state index is -0.353. The number of hydrogen-bond donors (Lipinski definition) is 1. The van der Waals surface area contributed by atoms with E-state index in [2.05, 4.69) is 52.9 Å². The fourth-order valence-electron chi connectivity index (χ4n) is 3.74. The third kappa shape index (κ3) is 3.91. The monoisotopic (exact) mass is 385 g/mol. The smallest absolute Gasteiger partial charge is 0.324 e. The van der Waals surface area contributed by atoms with E-state index in [0.29, 0.717) is 25.1 Å². The van der Waals surface area contributed by atoms with Gasteiger partial charge >= 0.3 is 6.03 Å². The lowest BCUT2D eigenvalue weighted by molar-refractivity contribution is -0.126. The van der Waals surface area contributed by atoms with Crippen molar-refractivity contribution in [3.8, 4) is 0 Å². The second-order valence-corrected chi connectivity index (χ2v) is 9.92. The van der Waals surface area contributed by atoms with E-state index in [1.54, 1.807) is 4.90 Å². The number of carbonyl (C=O) groups is 3. The highest BCUT2D eigenvalue weighted by atomic mass is 16.2. The van der Waals surface area contributed by atoms with E-state index < -0.39 is 0 Å². The molecule has 0 aromatic heterocycles. The Bertz CT molecular complexity index is 769. The Hall–Kier alpha value is -2.37. The molecule has 1 unspecified atom stereocenters. The van der Waals surface area contributed by atoms with Gasteiger partial charge in [0.15, 0.2) is 0 Å². The summed E-state index contributed by atoms with van der Waals surface area (Å²) < 4.78 is 0. The summed E-state index contributed by atoms with van der Waals surface area (Å²) in [5.74, 6) is -0.250. The number of carbonyl (C=O) groups excluding carboxylic acids is 3. The van der Waals surface area contributed by atoms with Gasteiger partial charge in [0.25, 0.3) is 5.91 Å². The Morgan fingerprint density at radius 3 is 2.04 bits per heavy atom. The summed E-state index contributed by atoms with van der Waals surface area (Å²) in [5.41, 5.74) is 2.81. The maximum Gasteiger partial charge on any atom is 0.324 e. The second kappa shape index (κ2) is 6.90. The Labute approximate surface area is 167 Å². The Balaban J connectivity index is 1.86. The summed E-state index contributed by atoms with van der Waals surface area (Å²) in [5, 5.41) is 2.55. The summed E-state index contributed by atoms with van der Waals surface area (Å²) in [7, 11) is 0. The highest BCUT2D eigenvalue weighted by Crippen LogP contribution is 2.31. The quantitative estimate of drug-likeness (QED) is 0.796. The first-order valence-corrected chi connectivity index (χ1v) is 9.93. The van der Waals surface area contributed by atoms with Gasteiger partial charge in [0, 0.05) is 18.7 Å². The topological polar surface area (TPSA) is 69.7 Å². The first kappa shape index (κ1) is 20.4. The molecule has 1 atom stereocenters. The van der Waals surface area contributed by atoms with Crippen molar-refractivity contribution in [1.29, 1.82) is 0 Å². The van der Waals surface area contributed by atoms with Crippen molar-refractivity contribution in [2.45, 2.75) is 64.8 Å². The van der Waals surface area contributed by atoms with Gasteiger partial charge in [-0.3, -0.25) is 14.5 Å². The normalized spacial score (nSPS) is 20.7. The van der Waals surface area contributed by atoms with Crippen LogP contribution >= 0.6 is 0 Å². The first-order valence-electron chi connectivity index (χ1n) is 9.93. The molecule has 0 bridgehead atoms. The molecule has 0 spiro atoms. The van der Waals surface area contributed by atoms with E-state index in [1.807, 2.05) is 12.1 Å². The lowest BCUT2D eigenvalue weighted by atomic mass is 9.79. The van der Waals surface area contributed by atoms with Gasteiger partial charge in [0.1, 0.15) is 0 Å². The average molecular weight is 386 g/mol. The minimum absolute atomic E-state index is 0.0360. The Morgan fingerprint density at radius 1 is 1.00 bits per heavy atom. The zero-order valence-corrected chi connectivity index (χ0v) is 17.8. The highest BCUT2D eigenvalue weighted by molar-refractivity contribution is 6.02. The van der Waals surface area contributed by atoms with E-state index in [4.69, 9.17) is 0 Å². The van der Waals surface area contributed by atoms with Crippen molar-refractivity contribution in [2.75, 3.05) is 19.6 Å². The molecule has 1 aromatic rings. The van der Waals surface area contributed by atoms with E-state index in [-0.39, 0.29) is 41.3 Å². The number of nitrogens with one attached hydrogen (secondary N) is 1. The summed E-state index contributed by atoms with van der Waals surface area (Å²) in [6, 6.07) is 5.56.